The van der Waals surface area contributed by atoms with Crippen molar-refractivity contribution in [3.8, 4) is 0 Å². The number of anilines is 1. The standard InChI is InChI=1S/C32H42N10O5/c1-22-20-28(37-36-22)34-30(44)25-9-10-33-41(25)16-15-39-11-13-40(14-12-39)17-19-47-18-3-4-23-5-6-24-27(21-23)38(2)32(46)42(24)26-7-8-29(43)35-31(26)45/h5-6,9-10,20-21,26H,3-4,7-8,11-19H2,1-2H3,(H,35,43,45)(H2,34,36,37,44). The van der Waals surface area contributed by atoms with Gasteiger partial charge in [0.05, 0.1) is 24.2 Å². The molecule has 15 nitrogen and oxygen atoms in total. The summed E-state index contributed by atoms with van der Waals surface area (Å²) >= 11 is 0. The van der Waals surface area contributed by atoms with Gasteiger partial charge in [-0.2, -0.15) is 10.2 Å². The molecule has 6 rings (SSSR count). The van der Waals surface area contributed by atoms with Crippen LogP contribution in [-0.2, 0) is 34.3 Å². The summed E-state index contributed by atoms with van der Waals surface area (Å²) in [7, 11) is 1.71. The fraction of sp³-hybridized carbons (Fsp3) is 0.500. The van der Waals surface area contributed by atoms with Gasteiger partial charge in [0.15, 0.2) is 5.82 Å². The van der Waals surface area contributed by atoms with E-state index in [1.165, 1.54) is 4.57 Å². The fourth-order valence-electron chi connectivity index (χ4n) is 6.31. The first-order valence-electron chi connectivity index (χ1n) is 16.2. The number of imide groups is 1. The molecule has 15 heteroatoms. The van der Waals surface area contributed by atoms with Crippen LogP contribution in [0.15, 0.2) is 41.3 Å². The molecule has 3 N–H and O–H groups in total. The summed E-state index contributed by atoms with van der Waals surface area (Å²) in [5, 5.41) is 16.4. The van der Waals surface area contributed by atoms with Crippen molar-refractivity contribution in [2.45, 2.75) is 45.2 Å². The maximum Gasteiger partial charge on any atom is 0.329 e. The Hall–Kier alpha value is -4.60. The summed E-state index contributed by atoms with van der Waals surface area (Å²) in [6.07, 6.45) is 3.86. The highest BCUT2D eigenvalue weighted by Crippen LogP contribution is 2.24. The molecular formula is C32H42N10O5. The Morgan fingerprint density at radius 3 is 2.53 bits per heavy atom. The number of aromatic amines is 1. The van der Waals surface area contributed by atoms with Crippen LogP contribution in [0.1, 0.15) is 47.1 Å². The van der Waals surface area contributed by atoms with Gasteiger partial charge in [0.1, 0.15) is 11.7 Å². The molecule has 0 aliphatic carbocycles. The van der Waals surface area contributed by atoms with Gasteiger partial charge in [0, 0.05) is 77.3 Å². The van der Waals surface area contributed by atoms with Crippen molar-refractivity contribution in [1.29, 1.82) is 0 Å². The Bertz CT molecular complexity index is 1790. The molecule has 0 bridgehead atoms. The molecule has 0 spiro atoms. The third kappa shape index (κ3) is 7.53. The van der Waals surface area contributed by atoms with Gasteiger partial charge < -0.3 is 10.1 Å². The molecule has 5 heterocycles. The van der Waals surface area contributed by atoms with Gasteiger partial charge in [0.2, 0.25) is 11.8 Å². The molecule has 2 aliphatic rings. The van der Waals surface area contributed by atoms with Gasteiger partial charge >= 0.3 is 5.69 Å². The summed E-state index contributed by atoms with van der Waals surface area (Å²) in [5.74, 6) is -0.464. The third-order valence-corrected chi connectivity index (χ3v) is 8.97. The van der Waals surface area contributed by atoms with E-state index < -0.39 is 11.9 Å². The molecule has 4 aromatic rings. The number of aryl methyl sites for hydroxylation is 3. The molecule has 3 amide bonds. The van der Waals surface area contributed by atoms with Crippen LogP contribution >= 0.6 is 0 Å². The predicted molar refractivity (Wildman–Crippen MR) is 174 cm³/mol. The number of ether oxygens (including phenoxy) is 1. The number of piperazine rings is 1. The molecule has 2 fully saturated rings. The average Bonchev–Trinajstić information content (AvgIpc) is 3.77. The maximum atomic E-state index is 13.0. The van der Waals surface area contributed by atoms with Crippen molar-refractivity contribution >= 4 is 34.6 Å². The van der Waals surface area contributed by atoms with Crippen LogP contribution in [0.2, 0.25) is 0 Å². The van der Waals surface area contributed by atoms with Crippen molar-refractivity contribution in [2.75, 3.05) is 57.8 Å². The Morgan fingerprint density at radius 1 is 1.00 bits per heavy atom. The molecule has 0 radical (unpaired) electrons. The number of fused-ring (bicyclic) bond motifs is 1. The minimum atomic E-state index is -0.681. The average molecular weight is 647 g/mol. The summed E-state index contributed by atoms with van der Waals surface area (Å²) in [4.78, 5) is 54.5. The number of carbonyl (C=O) groups is 3. The number of amides is 3. The zero-order valence-electron chi connectivity index (χ0n) is 26.9. The molecule has 1 atom stereocenters. The molecule has 47 heavy (non-hydrogen) atoms. The van der Waals surface area contributed by atoms with Gasteiger partial charge in [-0.15, -0.1) is 0 Å². The molecule has 250 valence electrons. The zero-order valence-corrected chi connectivity index (χ0v) is 26.9. The number of benzene rings is 1. The van der Waals surface area contributed by atoms with Crippen molar-refractivity contribution in [2.24, 2.45) is 7.05 Å². The first kappa shape index (κ1) is 32.3. The quantitative estimate of drug-likeness (QED) is 0.142. The number of nitrogens with one attached hydrogen (secondary N) is 3. The Labute approximate surface area is 271 Å². The van der Waals surface area contributed by atoms with Crippen LogP contribution in [0, 0.1) is 6.92 Å². The number of aromatic nitrogens is 6. The number of hydrogen-bond donors (Lipinski definition) is 3. The second kappa shape index (κ2) is 14.4. The lowest BCUT2D eigenvalue weighted by Gasteiger charge is -2.34. The van der Waals surface area contributed by atoms with Crippen LogP contribution in [-0.4, -0.2) is 109 Å². The summed E-state index contributed by atoms with van der Waals surface area (Å²) < 4.78 is 10.8. The first-order valence-corrected chi connectivity index (χ1v) is 16.2. The molecule has 3 aromatic heterocycles. The zero-order chi connectivity index (χ0) is 32.9. The lowest BCUT2D eigenvalue weighted by molar-refractivity contribution is -0.135. The van der Waals surface area contributed by atoms with Gasteiger partial charge in [-0.05, 0) is 49.9 Å². The molecular weight excluding hydrogens is 604 g/mol. The highest BCUT2D eigenvalue weighted by Gasteiger charge is 2.31. The smallest absolute Gasteiger partial charge is 0.329 e. The van der Waals surface area contributed by atoms with Crippen molar-refractivity contribution in [3.63, 3.8) is 0 Å². The van der Waals surface area contributed by atoms with E-state index in [0.717, 1.165) is 68.9 Å². The Kier molecular flexibility index (Phi) is 9.94. The molecule has 0 saturated carbocycles. The van der Waals surface area contributed by atoms with E-state index in [-0.39, 0.29) is 23.9 Å². The molecule has 2 saturated heterocycles. The SMILES string of the molecule is Cc1cc(NC(=O)c2ccnn2CCN2CCN(CCOCCCc3ccc4c(c3)n(C)c(=O)n4C3CCC(=O)NC3=O)CC2)n[nH]1. The van der Waals surface area contributed by atoms with E-state index in [0.29, 0.717) is 43.2 Å². The number of hydrogen-bond acceptors (Lipinski definition) is 9. The topological polar surface area (TPSA) is 164 Å². The molecule has 1 unspecified atom stereocenters. The second-order valence-corrected chi connectivity index (χ2v) is 12.2. The summed E-state index contributed by atoms with van der Waals surface area (Å²) in [6.45, 7) is 9.35. The van der Waals surface area contributed by atoms with E-state index >= 15 is 0 Å². The van der Waals surface area contributed by atoms with Gasteiger partial charge in [-0.25, -0.2) is 4.79 Å². The fourth-order valence-corrected chi connectivity index (χ4v) is 6.31. The van der Waals surface area contributed by atoms with Gasteiger partial charge in [-0.3, -0.25) is 48.4 Å². The number of carbonyl (C=O) groups excluding carboxylic acids is 3. The number of rotatable bonds is 13. The molecule has 2 aliphatic heterocycles. The van der Waals surface area contributed by atoms with Crippen LogP contribution in [0.5, 0.6) is 0 Å². The highest BCUT2D eigenvalue weighted by molar-refractivity contribution is 6.02. The summed E-state index contributed by atoms with van der Waals surface area (Å²) in [5.41, 5.74) is 3.70. The Morgan fingerprint density at radius 2 is 1.79 bits per heavy atom. The van der Waals surface area contributed by atoms with Crippen molar-refractivity contribution < 1.29 is 19.1 Å². The van der Waals surface area contributed by atoms with Gasteiger partial charge in [-0.1, -0.05) is 6.07 Å². The van der Waals surface area contributed by atoms with Crippen LogP contribution in [0.25, 0.3) is 11.0 Å². The van der Waals surface area contributed by atoms with Gasteiger partial charge in [0.25, 0.3) is 5.91 Å². The maximum absolute atomic E-state index is 13.0. The molecule has 1 aromatic carbocycles. The number of piperidine rings is 1. The lowest BCUT2D eigenvalue weighted by Crippen LogP contribution is -2.48. The van der Waals surface area contributed by atoms with E-state index in [1.54, 1.807) is 34.6 Å². The van der Waals surface area contributed by atoms with Crippen LogP contribution in [0.3, 0.4) is 0 Å². The minimum absolute atomic E-state index is 0.220. The van der Waals surface area contributed by atoms with E-state index in [9.17, 15) is 19.2 Å². The highest BCUT2D eigenvalue weighted by atomic mass is 16.5. The van der Waals surface area contributed by atoms with Crippen molar-refractivity contribution in [3.05, 3.63) is 64.0 Å². The van der Waals surface area contributed by atoms with Crippen molar-refractivity contribution in [1.82, 2.24) is 44.2 Å². The van der Waals surface area contributed by atoms with E-state index in [1.807, 2.05) is 25.1 Å². The minimum Gasteiger partial charge on any atom is -0.380 e. The van der Waals surface area contributed by atoms with Crippen LogP contribution < -0.4 is 16.3 Å². The number of nitrogens with zero attached hydrogens (tertiary/aromatic N) is 7. The van der Waals surface area contributed by atoms with E-state index in [4.69, 9.17) is 4.74 Å². The number of H-pyrrole nitrogens is 1. The monoisotopic (exact) mass is 646 g/mol. The largest absolute Gasteiger partial charge is 0.380 e. The summed E-state index contributed by atoms with van der Waals surface area (Å²) in [6, 6.07) is 8.71. The lowest BCUT2D eigenvalue weighted by atomic mass is 10.1. The number of imidazole rings is 1. The third-order valence-electron chi connectivity index (χ3n) is 8.97. The van der Waals surface area contributed by atoms with E-state index in [2.05, 4.69) is 35.7 Å². The first-order chi connectivity index (χ1) is 22.8. The predicted octanol–water partition coefficient (Wildman–Crippen LogP) is 1.07. The Balaban J connectivity index is 0.883. The normalized spacial score (nSPS) is 17.8. The van der Waals surface area contributed by atoms with Crippen LogP contribution in [0.4, 0.5) is 5.82 Å². The second-order valence-electron chi connectivity index (χ2n) is 12.2.